The number of anilines is 1. The van der Waals surface area contributed by atoms with Crippen LogP contribution in [0.2, 0.25) is 0 Å². The molecule has 162 valence electrons. The van der Waals surface area contributed by atoms with E-state index in [1.54, 1.807) is 43.3 Å². The van der Waals surface area contributed by atoms with Gasteiger partial charge in [0.2, 0.25) is 5.91 Å². The summed E-state index contributed by atoms with van der Waals surface area (Å²) in [6.07, 6.45) is -0.305. The number of rotatable bonds is 8. The van der Waals surface area contributed by atoms with Crippen LogP contribution in [0.4, 0.5) is 5.69 Å². The fraction of sp³-hybridized carbons (Fsp3) is 0.120. The zero-order valence-corrected chi connectivity index (χ0v) is 17.5. The highest BCUT2D eigenvalue weighted by molar-refractivity contribution is 6.01. The molecule has 0 saturated carbocycles. The number of benzene rings is 3. The molecule has 0 spiro atoms. The number of carbonyl (C=O) groups is 3. The second-order valence-electron chi connectivity index (χ2n) is 7.10. The van der Waals surface area contributed by atoms with Gasteiger partial charge in [0.1, 0.15) is 0 Å². The van der Waals surface area contributed by atoms with Crippen molar-refractivity contribution in [3.63, 3.8) is 0 Å². The monoisotopic (exact) mass is 429 g/mol. The molecule has 0 aliphatic rings. The molecule has 3 N–H and O–H groups in total. The topological polar surface area (TPSA) is 108 Å². The van der Waals surface area contributed by atoms with Gasteiger partial charge in [-0.1, -0.05) is 54.6 Å². The molecule has 7 heteroatoms. The number of nitrogens with one attached hydrogen (secondary N) is 2. The number of hydrogen-bond acceptors (Lipinski definition) is 4. The van der Waals surface area contributed by atoms with Gasteiger partial charge in [0.05, 0.1) is 12.1 Å². The van der Waals surface area contributed by atoms with E-state index in [4.69, 9.17) is 5.11 Å². The Morgan fingerprint density at radius 3 is 2.00 bits per heavy atom. The number of hydrazone groups is 1. The van der Waals surface area contributed by atoms with Gasteiger partial charge in [-0.2, -0.15) is 5.10 Å². The predicted molar refractivity (Wildman–Crippen MR) is 123 cm³/mol. The van der Waals surface area contributed by atoms with E-state index < -0.39 is 5.97 Å². The summed E-state index contributed by atoms with van der Waals surface area (Å²) in [4.78, 5) is 34.6. The summed E-state index contributed by atoms with van der Waals surface area (Å²) in [6.45, 7) is 1.76. The van der Waals surface area contributed by atoms with Crippen molar-refractivity contribution in [2.45, 2.75) is 19.8 Å². The van der Waals surface area contributed by atoms with Crippen LogP contribution in [-0.2, 0) is 9.59 Å². The van der Waals surface area contributed by atoms with Gasteiger partial charge in [0.25, 0.3) is 5.91 Å². The molecule has 7 nitrogen and oxygen atoms in total. The molecular weight excluding hydrogens is 406 g/mol. The molecule has 0 radical (unpaired) electrons. The van der Waals surface area contributed by atoms with Gasteiger partial charge in [-0.3, -0.25) is 14.4 Å². The number of aliphatic carboxylic acids is 1. The van der Waals surface area contributed by atoms with Gasteiger partial charge >= 0.3 is 5.97 Å². The predicted octanol–water partition coefficient (Wildman–Crippen LogP) is 4.31. The molecule has 0 aliphatic carbocycles. The van der Waals surface area contributed by atoms with Crippen molar-refractivity contribution in [3.05, 3.63) is 90.0 Å². The maximum Gasteiger partial charge on any atom is 0.303 e. The molecule has 3 aromatic carbocycles. The molecule has 3 aromatic rings. The van der Waals surface area contributed by atoms with E-state index in [2.05, 4.69) is 15.8 Å². The van der Waals surface area contributed by atoms with Crippen LogP contribution in [0, 0.1) is 0 Å². The number of carboxylic acids is 1. The van der Waals surface area contributed by atoms with Crippen molar-refractivity contribution in [1.29, 1.82) is 0 Å². The number of nitrogens with zero attached hydrogens (tertiary/aromatic N) is 1. The lowest BCUT2D eigenvalue weighted by Gasteiger charge is -2.07. The first-order chi connectivity index (χ1) is 15.4. The van der Waals surface area contributed by atoms with Crippen molar-refractivity contribution < 1.29 is 19.5 Å². The minimum atomic E-state index is -1.02. The first kappa shape index (κ1) is 22.4. The summed E-state index contributed by atoms with van der Waals surface area (Å²) >= 11 is 0. The lowest BCUT2D eigenvalue weighted by atomic mass is 10.0. The van der Waals surface area contributed by atoms with Gasteiger partial charge in [-0.15, -0.1) is 0 Å². The Morgan fingerprint density at radius 2 is 1.38 bits per heavy atom. The molecular formula is C25H23N3O4. The fourth-order valence-corrected chi connectivity index (χ4v) is 2.95. The van der Waals surface area contributed by atoms with Crippen molar-refractivity contribution in [3.8, 4) is 11.1 Å². The maximum absolute atomic E-state index is 12.4. The smallest absolute Gasteiger partial charge is 0.303 e. The van der Waals surface area contributed by atoms with Crippen molar-refractivity contribution in [1.82, 2.24) is 5.43 Å². The Balaban J connectivity index is 1.57. The molecule has 0 aliphatic heterocycles. The summed E-state index contributed by atoms with van der Waals surface area (Å²) in [5.41, 5.74) is 7.09. The Morgan fingerprint density at radius 1 is 0.781 bits per heavy atom. The van der Waals surface area contributed by atoms with Crippen LogP contribution < -0.4 is 10.7 Å². The zero-order chi connectivity index (χ0) is 22.9. The highest BCUT2D eigenvalue weighted by Gasteiger charge is 2.08. The maximum atomic E-state index is 12.4. The van der Waals surface area contributed by atoms with E-state index in [1.807, 2.05) is 42.5 Å². The van der Waals surface area contributed by atoms with Crippen LogP contribution in [0.5, 0.6) is 0 Å². The molecule has 0 aromatic heterocycles. The molecule has 32 heavy (non-hydrogen) atoms. The second kappa shape index (κ2) is 10.7. The SMILES string of the molecule is CC(=NNC(=O)c1ccc(-c2ccccc2)cc1)c1ccc(NC(=O)CCC(=O)O)cc1. The summed E-state index contributed by atoms with van der Waals surface area (Å²) < 4.78 is 0. The molecule has 0 unspecified atom stereocenters. The van der Waals surface area contributed by atoms with Crippen LogP contribution in [-0.4, -0.2) is 28.6 Å². The average molecular weight is 429 g/mol. The van der Waals surface area contributed by atoms with Gasteiger partial charge in [-0.05, 0) is 47.9 Å². The lowest BCUT2D eigenvalue weighted by molar-refractivity contribution is -0.138. The van der Waals surface area contributed by atoms with Crippen molar-refractivity contribution in [2.24, 2.45) is 5.10 Å². The minimum absolute atomic E-state index is 0.0874. The average Bonchev–Trinajstić information content (AvgIpc) is 2.82. The third kappa shape index (κ3) is 6.37. The van der Waals surface area contributed by atoms with E-state index in [0.717, 1.165) is 16.7 Å². The quantitative estimate of drug-likeness (QED) is 0.366. The Labute approximate surface area is 185 Å². The fourth-order valence-electron chi connectivity index (χ4n) is 2.95. The van der Waals surface area contributed by atoms with Crippen molar-refractivity contribution >= 4 is 29.2 Å². The van der Waals surface area contributed by atoms with Crippen LogP contribution in [0.15, 0.2) is 84.0 Å². The van der Waals surface area contributed by atoms with Crippen LogP contribution >= 0.6 is 0 Å². The van der Waals surface area contributed by atoms with Crippen LogP contribution in [0.1, 0.15) is 35.7 Å². The van der Waals surface area contributed by atoms with E-state index >= 15 is 0 Å². The number of hydrogen-bond donors (Lipinski definition) is 3. The van der Waals surface area contributed by atoms with E-state index in [-0.39, 0.29) is 24.7 Å². The molecule has 3 rings (SSSR count). The number of carboxylic acid groups (broad SMARTS) is 1. The lowest BCUT2D eigenvalue weighted by Crippen LogP contribution is -2.19. The Kier molecular flexibility index (Phi) is 7.48. The second-order valence-corrected chi connectivity index (χ2v) is 7.10. The summed E-state index contributed by atoms with van der Waals surface area (Å²) in [7, 11) is 0. The summed E-state index contributed by atoms with van der Waals surface area (Å²) in [5.74, 6) is -1.70. The molecule has 2 amide bonds. The van der Waals surface area contributed by atoms with Crippen molar-refractivity contribution in [2.75, 3.05) is 5.32 Å². The van der Waals surface area contributed by atoms with E-state index in [1.165, 1.54) is 0 Å². The van der Waals surface area contributed by atoms with Gasteiger partial charge in [-0.25, -0.2) is 5.43 Å². The van der Waals surface area contributed by atoms with Gasteiger partial charge in [0, 0.05) is 17.7 Å². The number of carbonyl (C=O) groups excluding carboxylic acids is 2. The molecule has 0 heterocycles. The molecule has 0 fully saturated rings. The molecule has 0 atom stereocenters. The van der Waals surface area contributed by atoms with Crippen LogP contribution in [0.25, 0.3) is 11.1 Å². The first-order valence-electron chi connectivity index (χ1n) is 10.0. The Hall–Kier alpha value is -4.26. The van der Waals surface area contributed by atoms with E-state index in [0.29, 0.717) is 17.0 Å². The summed E-state index contributed by atoms with van der Waals surface area (Å²) in [6, 6.07) is 24.1. The Bertz CT molecular complexity index is 1120. The van der Waals surface area contributed by atoms with Gasteiger partial charge in [0.15, 0.2) is 0 Å². The van der Waals surface area contributed by atoms with E-state index in [9.17, 15) is 14.4 Å². The third-order valence-corrected chi connectivity index (χ3v) is 4.73. The molecule has 0 saturated heterocycles. The highest BCUT2D eigenvalue weighted by Crippen LogP contribution is 2.19. The summed E-state index contributed by atoms with van der Waals surface area (Å²) in [5, 5.41) is 15.4. The largest absolute Gasteiger partial charge is 0.481 e. The third-order valence-electron chi connectivity index (χ3n) is 4.73. The normalized spacial score (nSPS) is 11.0. The number of amides is 2. The highest BCUT2D eigenvalue weighted by atomic mass is 16.4. The standard InChI is InChI=1S/C25H23N3O4/c1-17(18-11-13-22(14-12-18)26-23(29)15-16-24(30)31)27-28-25(32)21-9-7-20(8-10-21)19-5-3-2-4-6-19/h2-14H,15-16H2,1H3,(H,26,29)(H,28,32)(H,30,31). The van der Waals surface area contributed by atoms with Crippen LogP contribution in [0.3, 0.4) is 0 Å². The first-order valence-corrected chi connectivity index (χ1v) is 10.0. The minimum Gasteiger partial charge on any atom is -0.481 e. The zero-order valence-electron chi connectivity index (χ0n) is 17.5. The molecule has 0 bridgehead atoms. The van der Waals surface area contributed by atoms with Gasteiger partial charge < -0.3 is 10.4 Å².